The molecule has 0 aromatic carbocycles. The van der Waals surface area contributed by atoms with Crippen LogP contribution in [-0.4, -0.2) is 57.0 Å². The van der Waals surface area contributed by atoms with Crippen LogP contribution in [-0.2, 0) is 19.5 Å². The van der Waals surface area contributed by atoms with E-state index in [-0.39, 0.29) is 10.3 Å². The molecule has 0 atom stereocenters. The molecule has 5 rings (SSSR count). The van der Waals surface area contributed by atoms with Crippen molar-refractivity contribution in [3.05, 3.63) is 35.2 Å². The molecule has 5 heterocycles. The number of anilines is 1. The molecule has 0 amide bonds. The highest BCUT2D eigenvalue weighted by Crippen LogP contribution is 2.43. The number of fused-ring (bicyclic) bond motifs is 1. The van der Waals surface area contributed by atoms with Crippen molar-refractivity contribution in [3.8, 4) is 6.07 Å². The lowest BCUT2D eigenvalue weighted by Crippen LogP contribution is -2.56. The van der Waals surface area contributed by atoms with Gasteiger partial charge in [-0.2, -0.15) is 23.5 Å². The molecule has 0 saturated carbocycles. The minimum atomic E-state index is -4.23. The standard InChI is InChI=1S/C21H22F3N7S/c22-21(23,24)7-16-6-17-18(26-14-27-19(17)32-16)30-5-2-20(13-30)11-29(12-20)9-15-8-28-31(10-15)4-1-3-25/h6,8,10,14H,1-2,4-5,7,9,11-13H2. The van der Waals surface area contributed by atoms with Crippen LogP contribution in [0.25, 0.3) is 10.2 Å². The van der Waals surface area contributed by atoms with E-state index in [0.29, 0.717) is 17.8 Å². The minimum Gasteiger partial charge on any atom is -0.355 e. The number of thiophene rings is 1. The van der Waals surface area contributed by atoms with Gasteiger partial charge in [-0.05, 0) is 12.5 Å². The van der Waals surface area contributed by atoms with Crippen molar-refractivity contribution >= 4 is 27.4 Å². The summed E-state index contributed by atoms with van der Waals surface area (Å²) in [5, 5.41) is 13.7. The molecule has 0 unspecified atom stereocenters. The molecule has 0 N–H and O–H groups in total. The summed E-state index contributed by atoms with van der Waals surface area (Å²) in [6.45, 7) is 5.08. The number of rotatable bonds is 6. The Morgan fingerprint density at radius 1 is 1.22 bits per heavy atom. The Bertz CT molecular complexity index is 1160. The Labute approximate surface area is 187 Å². The number of nitrogens with zero attached hydrogens (tertiary/aromatic N) is 7. The molecule has 168 valence electrons. The maximum atomic E-state index is 12.8. The van der Waals surface area contributed by atoms with Crippen LogP contribution in [0.2, 0.25) is 0 Å². The average molecular weight is 462 g/mol. The number of hydrogen-bond donors (Lipinski definition) is 0. The van der Waals surface area contributed by atoms with Crippen molar-refractivity contribution in [1.82, 2.24) is 24.6 Å². The lowest BCUT2D eigenvalue weighted by molar-refractivity contribution is -0.126. The van der Waals surface area contributed by atoms with E-state index in [4.69, 9.17) is 5.26 Å². The van der Waals surface area contributed by atoms with Crippen LogP contribution in [0.15, 0.2) is 24.8 Å². The fraction of sp³-hybridized carbons (Fsp3) is 0.524. The molecule has 0 aliphatic carbocycles. The maximum absolute atomic E-state index is 12.8. The Balaban J connectivity index is 1.22. The van der Waals surface area contributed by atoms with Crippen molar-refractivity contribution in [2.24, 2.45) is 5.41 Å². The Morgan fingerprint density at radius 2 is 2.06 bits per heavy atom. The van der Waals surface area contributed by atoms with Crippen LogP contribution in [0.1, 0.15) is 23.3 Å². The smallest absolute Gasteiger partial charge is 0.355 e. The van der Waals surface area contributed by atoms with Crippen molar-refractivity contribution in [1.29, 1.82) is 5.26 Å². The van der Waals surface area contributed by atoms with Crippen molar-refractivity contribution < 1.29 is 13.2 Å². The third kappa shape index (κ3) is 4.29. The number of likely N-dealkylation sites (tertiary alicyclic amines) is 1. The molecular weight excluding hydrogens is 439 g/mol. The lowest BCUT2D eigenvalue weighted by atomic mass is 9.79. The van der Waals surface area contributed by atoms with Gasteiger partial charge in [0.05, 0.1) is 37.0 Å². The van der Waals surface area contributed by atoms with Crippen LogP contribution in [0.3, 0.4) is 0 Å². The Hall–Kier alpha value is -2.71. The van der Waals surface area contributed by atoms with Gasteiger partial charge in [0.25, 0.3) is 0 Å². The molecule has 32 heavy (non-hydrogen) atoms. The van der Waals surface area contributed by atoms with Gasteiger partial charge in [-0.15, -0.1) is 11.3 Å². The van der Waals surface area contributed by atoms with Crippen LogP contribution in [0.4, 0.5) is 19.0 Å². The molecule has 0 radical (unpaired) electrons. The predicted molar refractivity (Wildman–Crippen MR) is 114 cm³/mol. The highest BCUT2D eigenvalue weighted by Gasteiger charge is 2.48. The van der Waals surface area contributed by atoms with E-state index < -0.39 is 12.6 Å². The monoisotopic (exact) mass is 461 g/mol. The van der Waals surface area contributed by atoms with Gasteiger partial charge in [-0.25, -0.2) is 9.97 Å². The van der Waals surface area contributed by atoms with E-state index in [1.165, 1.54) is 6.33 Å². The van der Waals surface area contributed by atoms with Gasteiger partial charge in [0.1, 0.15) is 17.0 Å². The van der Waals surface area contributed by atoms with Crippen molar-refractivity contribution in [2.45, 2.75) is 38.5 Å². The van der Waals surface area contributed by atoms with E-state index in [9.17, 15) is 13.2 Å². The van der Waals surface area contributed by atoms with Gasteiger partial charge >= 0.3 is 6.18 Å². The summed E-state index contributed by atoms with van der Waals surface area (Å²) in [5.74, 6) is 0.744. The molecule has 2 fully saturated rings. The maximum Gasteiger partial charge on any atom is 0.393 e. The second-order valence-electron chi connectivity index (χ2n) is 8.76. The topological polar surface area (TPSA) is 73.9 Å². The molecule has 0 bridgehead atoms. The summed E-state index contributed by atoms with van der Waals surface area (Å²) in [6, 6.07) is 3.73. The van der Waals surface area contributed by atoms with E-state index in [1.54, 1.807) is 10.7 Å². The molecule has 2 aliphatic rings. The molecule has 7 nitrogen and oxygen atoms in total. The van der Waals surface area contributed by atoms with Crippen LogP contribution < -0.4 is 4.90 Å². The predicted octanol–water partition coefficient (Wildman–Crippen LogP) is 3.62. The summed E-state index contributed by atoms with van der Waals surface area (Å²) in [5.41, 5.74) is 1.33. The zero-order chi connectivity index (χ0) is 22.3. The largest absolute Gasteiger partial charge is 0.393 e. The number of alkyl halides is 3. The fourth-order valence-electron chi connectivity index (χ4n) is 4.85. The fourth-order valence-corrected chi connectivity index (χ4v) is 5.87. The first kappa shape index (κ1) is 21.2. The number of nitriles is 1. The molecule has 3 aromatic rings. The van der Waals surface area contributed by atoms with Crippen molar-refractivity contribution in [2.75, 3.05) is 31.1 Å². The lowest BCUT2D eigenvalue weighted by Gasteiger charge is -2.48. The third-order valence-corrected chi connectivity index (χ3v) is 7.18. The van der Waals surface area contributed by atoms with Crippen molar-refractivity contribution in [3.63, 3.8) is 0 Å². The van der Waals surface area contributed by atoms with E-state index in [1.807, 2.05) is 12.4 Å². The number of aromatic nitrogens is 4. The highest BCUT2D eigenvalue weighted by molar-refractivity contribution is 7.18. The first-order valence-electron chi connectivity index (χ1n) is 10.5. The Kier molecular flexibility index (Phi) is 5.29. The highest BCUT2D eigenvalue weighted by atomic mass is 32.1. The summed E-state index contributed by atoms with van der Waals surface area (Å²) in [6.07, 6.45) is 1.63. The van der Waals surface area contributed by atoms with Gasteiger partial charge in [-0.1, -0.05) is 0 Å². The first-order chi connectivity index (χ1) is 15.3. The second kappa shape index (κ2) is 8.01. The summed E-state index contributed by atoms with van der Waals surface area (Å²) in [4.78, 5) is 14.1. The van der Waals surface area contributed by atoms with Gasteiger partial charge in [0, 0.05) is 54.8 Å². The number of aryl methyl sites for hydroxylation is 1. The molecule has 11 heteroatoms. The zero-order valence-corrected chi connectivity index (χ0v) is 18.2. The van der Waals surface area contributed by atoms with E-state index in [0.717, 1.165) is 67.2 Å². The van der Waals surface area contributed by atoms with Gasteiger partial charge < -0.3 is 4.90 Å². The average Bonchev–Trinajstić information content (AvgIpc) is 3.42. The minimum absolute atomic E-state index is 0.193. The van der Waals surface area contributed by atoms with E-state index >= 15 is 0 Å². The van der Waals surface area contributed by atoms with Crippen LogP contribution >= 0.6 is 11.3 Å². The first-order valence-corrected chi connectivity index (χ1v) is 11.3. The summed E-state index contributed by atoms with van der Waals surface area (Å²) < 4.78 is 40.2. The molecule has 2 aliphatic heterocycles. The number of hydrogen-bond acceptors (Lipinski definition) is 7. The van der Waals surface area contributed by atoms with Gasteiger partial charge in [0.15, 0.2) is 0 Å². The van der Waals surface area contributed by atoms with Crippen LogP contribution in [0.5, 0.6) is 0 Å². The zero-order valence-electron chi connectivity index (χ0n) is 17.3. The van der Waals surface area contributed by atoms with Gasteiger partial charge in [-0.3, -0.25) is 9.58 Å². The van der Waals surface area contributed by atoms with Gasteiger partial charge in [0.2, 0.25) is 0 Å². The summed E-state index contributed by atoms with van der Waals surface area (Å²) >= 11 is 1.09. The molecule has 1 spiro atoms. The third-order valence-electron chi connectivity index (χ3n) is 6.14. The normalized spacial score (nSPS) is 18.4. The molecule has 2 saturated heterocycles. The SMILES string of the molecule is N#CCCn1cc(CN2CC3(CCN(c4ncnc5sc(CC(F)(F)F)cc45)C3)C2)cn1. The molecule has 3 aromatic heterocycles. The quantitative estimate of drug-likeness (QED) is 0.558. The molecular formula is C21H22F3N7S. The summed E-state index contributed by atoms with van der Waals surface area (Å²) in [7, 11) is 0. The van der Waals surface area contributed by atoms with Crippen LogP contribution in [0, 0.1) is 16.7 Å². The second-order valence-corrected chi connectivity index (χ2v) is 9.87. The Morgan fingerprint density at radius 3 is 2.84 bits per heavy atom. The van der Waals surface area contributed by atoms with E-state index in [2.05, 4.69) is 30.9 Å². The number of halogens is 3.